The number of aromatic nitrogens is 4. The number of nitrogens with one attached hydrogen (secondary N) is 1. The van der Waals surface area contributed by atoms with Crippen molar-refractivity contribution in [1.29, 1.82) is 0 Å². The standard InChI is InChI=1S/C13H20BrN5/c1-5-11-10(8-18(3)17-11)6-15-7-12-13(14)9(2)16-19(12)4/h8,15H,5-7H2,1-4H3. The lowest BCUT2D eigenvalue weighted by molar-refractivity contribution is 0.621. The summed E-state index contributed by atoms with van der Waals surface area (Å²) in [5.74, 6) is 0. The van der Waals surface area contributed by atoms with Gasteiger partial charge in [0.25, 0.3) is 0 Å². The van der Waals surface area contributed by atoms with E-state index in [0.717, 1.165) is 35.4 Å². The molecule has 6 heteroatoms. The van der Waals surface area contributed by atoms with Crippen LogP contribution in [-0.2, 0) is 33.6 Å². The molecule has 104 valence electrons. The van der Waals surface area contributed by atoms with Crippen molar-refractivity contribution >= 4 is 15.9 Å². The highest BCUT2D eigenvalue weighted by Crippen LogP contribution is 2.20. The van der Waals surface area contributed by atoms with E-state index >= 15 is 0 Å². The highest BCUT2D eigenvalue weighted by atomic mass is 79.9. The minimum atomic E-state index is 0.788. The van der Waals surface area contributed by atoms with Gasteiger partial charge in [-0.3, -0.25) is 9.36 Å². The van der Waals surface area contributed by atoms with Gasteiger partial charge in [-0.1, -0.05) is 6.92 Å². The van der Waals surface area contributed by atoms with Crippen LogP contribution in [0, 0.1) is 6.92 Å². The third-order valence-electron chi connectivity index (χ3n) is 3.20. The summed E-state index contributed by atoms with van der Waals surface area (Å²) in [6.45, 7) is 5.75. The molecular weight excluding hydrogens is 306 g/mol. The Bertz CT molecular complexity index is 570. The molecule has 1 N–H and O–H groups in total. The van der Waals surface area contributed by atoms with Gasteiger partial charge in [0.1, 0.15) is 0 Å². The number of aryl methyl sites for hydroxylation is 4. The Balaban J connectivity index is 2.00. The van der Waals surface area contributed by atoms with E-state index in [4.69, 9.17) is 0 Å². The summed E-state index contributed by atoms with van der Waals surface area (Å²) in [7, 11) is 3.93. The maximum absolute atomic E-state index is 4.44. The van der Waals surface area contributed by atoms with Crippen LogP contribution in [-0.4, -0.2) is 19.6 Å². The van der Waals surface area contributed by atoms with Crippen molar-refractivity contribution in [2.45, 2.75) is 33.4 Å². The maximum Gasteiger partial charge on any atom is 0.0739 e. The average Bonchev–Trinajstić information content (AvgIpc) is 2.84. The van der Waals surface area contributed by atoms with Gasteiger partial charge in [0.15, 0.2) is 0 Å². The van der Waals surface area contributed by atoms with Crippen molar-refractivity contribution in [3.63, 3.8) is 0 Å². The molecule has 2 rings (SSSR count). The minimum Gasteiger partial charge on any atom is -0.307 e. The molecule has 0 aliphatic heterocycles. The van der Waals surface area contributed by atoms with Gasteiger partial charge in [0.05, 0.1) is 21.6 Å². The van der Waals surface area contributed by atoms with Crippen LogP contribution < -0.4 is 5.32 Å². The topological polar surface area (TPSA) is 47.7 Å². The van der Waals surface area contributed by atoms with Crippen molar-refractivity contribution in [2.24, 2.45) is 14.1 Å². The first-order chi connectivity index (χ1) is 9.02. The zero-order chi connectivity index (χ0) is 14.0. The van der Waals surface area contributed by atoms with Gasteiger partial charge in [0, 0.05) is 38.9 Å². The first kappa shape index (κ1) is 14.3. The van der Waals surface area contributed by atoms with E-state index in [1.807, 2.05) is 30.4 Å². The number of halogens is 1. The first-order valence-corrected chi connectivity index (χ1v) is 7.22. The van der Waals surface area contributed by atoms with Crippen LogP contribution in [0.15, 0.2) is 10.7 Å². The van der Waals surface area contributed by atoms with Crippen molar-refractivity contribution in [3.8, 4) is 0 Å². The molecule has 0 atom stereocenters. The van der Waals surface area contributed by atoms with Crippen LogP contribution in [0.1, 0.15) is 29.6 Å². The number of hydrogen-bond acceptors (Lipinski definition) is 3. The molecule has 0 aliphatic carbocycles. The summed E-state index contributed by atoms with van der Waals surface area (Å²) in [6.07, 6.45) is 3.04. The van der Waals surface area contributed by atoms with Crippen molar-refractivity contribution in [1.82, 2.24) is 24.9 Å². The molecular formula is C13H20BrN5. The summed E-state index contributed by atoms with van der Waals surface area (Å²) >= 11 is 3.58. The molecule has 2 aromatic rings. The van der Waals surface area contributed by atoms with E-state index in [2.05, 4.69) is 44.6 Å². The van der Waals surface area contributed by atoms with Crippen LogP contribution in [0.5, 0.6) is 0 Å². The van der Waals surface area contributed by atoms with E-state index in [9.17, 15) is 0 Å². The fourth-order valence-corrected chi connectivity index (χ4v) is 2.69. The smallest absolute Gasteiger partial charge is 0.0739 e. The lowest BCUT2D eigenvalue weighted by Gasteiger charge is -2.05. The molecule has 0 aromatic carbocycles. The van der Waals surface area contributed by atoms with Crippen LogP contribution in [0.3, 0.4) is 0 Å². The normalized spacial score (nSPS) is 11.2. The predicted octanol–water partition coefficient (Wildman–Crippen LogP) is 2.08. The quantitative estimate of drug-likeness (QED) is 0.915. The van der Waals surface area contributed by atoms with Crippen molar-refractivity contribution in [2.75, 3.05) is 0 Å². The summed E-state index contributed by atoms with van der Waals surface area (Å²) in [5, 5.41) is 12.3. The summed E-state index contributed by atoms with van der Waals surface area (Å²) in [4.78, 5) is 0. The van der Waals surface area contributed by atoms with E-state index in [-0.39, 0.29) is 0 Å². The van der Waals surface area contributed by atoms with Gasteiger partial charge in [-0.15, -0.1) is 0 Å². The molecule has 0 amide bonds. The van der Waals surface area contributed by atoms with Gasteiger partial charge >= 0.3 is 0 Å². The molecule has 0 aliphatic rings. The number of hydrogen-bond donors (Lipinski definition) is 1. The highest BCUT2D eigenvalue weighted by Gasteiger charge is 2.11. The van der Waals surface area contributed by atoms with Crippen LogP contribution in [0.4, 0.5) is 0 Å². The Labute approximate surface area is 122 Å². The lowest BCUT2D eigenvalue weighted by atomic mass is 10.2. The van der Waals surface area contributed by atoms with Crippen LogP contribution in [0.2, 0.25) is 0 Å². The van der Waals surface area contributed by atoms with E-state index in [0.29, 0.717) is 0 Å². The molecule has 0 unspecified atom stereocenters. The molecule has 19 heavy (non-hydrogen) atoms. The molecule has 2 aromatic heterocycles. The SMILES string of the molecule is CCc1nn(C)cc1CNCc1c(Br)c(C)nn1C. The molecule has 0 radical (unpaired) electrons. The average molecular weight is 326 g/mol. The fraction of sp³-hybridized carbons (Fsp3) is 0.538. The lowest BCUT2D eigenvalue weighted by Crippen LogP contribution is -2.16. The zero-order valence-electron chi connectivity index (χ0n) is 11.9. The van der Waals surface area contributed by atoms with Crippen LogP contribution >= 0.6 is 15.9 Å². The summed E-state index contributed by atoms with van der Waals surface area (Å²) in [5.41, 5.74) is 4.62. The molecule has 0 bridgehead atoms. The third-order valence-corrected chi connectivity index (χ3v) is 4.23. The highest BCUT2D eigenvalue weighted by molar-refractivity contribution is 9.10. The fourth-order valence-electron chi connectivity index (χ4n) is 2.22. The second kappa shape index (κ2) is 5.88. The predicted molar refractivity (Wildman–Crippen MR) is 78.8 cm³/mol. The first-order valence-electron chi connectivity index (χ1n) is 6.43. The monoisotopic (exact) mass is 325 g/mol. The second-order valence-corrected chi connectivity index (χ2v) is 5.49. The Hall–Kier alpha value is -1.14. The summed E-state index contributed by atoms with van der Waals surface area (Å²) < 4.78 is 4.88. The maximum atomic E-state index is 4.44. The van der Waals surface area contributed by atoms with E-state index in [1.165, 1.54) is 11.3 Å². The number of nitrogens with zero attached hydrogens (tertiary/aromatic N) is 4. The van der Waals surface area contributed by atoms with Gasteiger partial charge in [0.2, 0.25) is 0 Å². The van der Waals surface area contributed by atoms with Crippen LogP contribution in [0.25, 0.3) is 0 Å². The Kier molecular flexibility index (Phi) is 4.42. The second-order valence-electron chi connectivity index (χ2n) is 4.70. The Morgan fingerprint density at radius 1 is 1.26 bits per heavy atom. The van der Waals surface area contributed by atoms with Gasteiger partial charge < -0.3 is 5.32 Å². The van der Waals surface area contributed by atoms with E-state index in [1.54, 1.807) is 0 Å². The molecule has 5 nitrogen and oxygen atoms in total. The third kappa shape index (κ3) is 3.06. The molecule has 0 spiro atoms. The Morgan fingerprint density at radius 3 is 2.58 bits per heavy atom. The van der Waals surface area contributed by atoms with Crippen molar-refractivity contribution < 1.29 is 0 Å². The molecule has 0 saturated carbocycles. The van der Waals surface area contributed by atoms with Gasteiger partial charge in [-0.05, 0) is 29.3 Å². The largest absolute Gasteiger partial charge is 0.307 e. The molecule has 0 saturated heterocycles. The minimum absolute atomic E-state index is 0.788. The zero-order valence-corrected chi connectivity index (χ0v) is 13.5. The van der Waals surface area contributed by atoms with Gasteiger partial charge in [-0.25, -0.2) is 0 Å². The Morgan fingerprint density at radius 2 is 2.00 bits per heavy atom. The number of rotatable bonds is 5. The van der Waals surface area contributed by atoms with Crippen molar-refractivity contribution in [3.05, 3.63) is 33.3 Å². The summed E-state index contributed by atoms with van der Waals surface area (Å²) in [6, 6.07) is 0. The molecule has 2 heterocycles. The van der Waals surface area contributed by atoms with E-state index < -0.39 is 0 Å². The molecule has 0 fully saturated rings. The van der Waals surface area contributed by atoms with Gasteiger partial charge in [-0.2, -0.15) is 10.2 Å².